The first-order chi connectivity index (χ1) is 10.7. The number of nitrogens with zero attached hydrogens (tertiary/aromatic N) is 5. The number of carbonyl (C=O) groups excluding carboxylic acids is 1. The average Bonchev–Trinajstić information content (AvgIpc) is 3.16. The molecule has 3 rings (SSSR count). The standard InChI is InChI=1S/C15H19N5O2/c1-19-13(5-6-18-19)11-8-17-12(9-16-11)14-4-3-7-20(14)15(21)10-22-2/h5-6,8-9,14H,3-4,7,10H2,1-2H3/t14-/m0/s1. The molecule has 1 fully saturated rings. The molecule has 0 aromatic carbocycles. The number of aryl methyl sites for hydroxylation is 1. The van der Waals surface area contributed by atoms with Crippen molar-refractivity contribution in [3.8, 4) is 11.4 Å². The van der Waals surface area contributed by atoms with E-state index in [9.17, 15) is 4.79 Å². The van der Waals surface area contributed by atoms with Gasteiger partial charge in [-0.1, -0.05) is 0 Å². The number of hydrogen-bond acceptors (Lipinski definition) is 5. The van der Waals surface area contributed by atoms with E-state index in [1.165, 1.54) is 7.11 Å². The summed E-state index contributed by atoms with van der Waals surface area (Å²) in [6.07, 6.45) is 7.11. The summed E-state index contributed by atoms with van der Waals surface area (Å²) in [5.74, 6) is 0.00233. The van der Waals surface area contributed by atoms with Crippen LogP contribution in [0.5, 0.6) is 0 Å². The van der Waals surface area contributed by atoms with Crippen LogP contribution in [0.1, 0.15) is 24.6 Å². The van der Waals surface area contributed by atoms with Gasteiger partial charge in [0.05, 0.1) is 29.8 Å². The third-order valence-corrected chi connectivity index (χ3v) is 3.94. The van der Waals surface area contributed by atoms with Crippen molar-refractivity contribution in [1.29, 1.82) is 0 Å². The maximum atomic E-state index is 12.1. The summed E-state index contributed by atoms with van der Waals surface area (Å²) < 4.78 is 6.70. The van der Waals surface area contributed by atoms with Crippen molar-refractivity contribution in [3.05, 3.63) is 30.4 Å². The Morgan fingerprint density at radius 3 is 2.91 bits per heavy atom. The quantitative estimate of drug-likeness (QED) is 0.848. The van der Waals surface area contributed by atoms with Crippen LogP contribution < -0.4 is 0 Å². The molecule has 22 heavy (non-hydrogen) atoms. The van der Waals surface area contributed by atoms with E-state index in [0.717, 1.165) is 36.5 Å². The first kappa shape index (κ1) is 14.6. The van der Waals surface area contributed by atoms with Crippen LogP contribution in [0.4, 0.5) is 0 Å². The van der Waals surface area contributed by atoms with Crippen molar-refractivity contribution in [2.75, 3.05) is 20.3 Å². The van der Waals surface area contributed by atoms with Gasteiger partial charge >= 0.3 is 0 Å². The van der Waals surface area contributed by atoms with Gasteiger partial charge in [-0.15, -0.1) is 0 Å². The Morgan fingerprint density at radius 1 is 1.41 bits per heavy atom. The van der Waals surface area contributed by atoms with Crippen molar-refractivity contribution in [2.24, 2.45) is 7.05 Å². The predicted molar refractivity (Wildman–Crippen MR) is 79.8 cm³/mol. The highest BCUT2D eigenvalue weighted by atomic mass is 16.5. The van der Waals surface area contributed by atoms with Gasteiger partial charge in [0, 0.05) is 26.9 Å². The molecule has 0 unspecified atom stereocenters. The molecule has 0 bridgehead atoms. The van der Waals surface area contributed by atoms with Gasteiger partial charge in [-0.2, -0.15) is 5.10 Å². The van der Waals surface area contributed by atoms with Gasteiger partial charge in [0.1, 0.15) is 12.3 Å². The second-order valence-electron chi connectivity index (χ2n) is 5.34. The monoisotopic (exact) mass is 301 g/mol. The fourth-order valence-corrected chi connectivity index (χ4v) is 2.85. The number of methoxy groups -OCH3 is 1. The fraction of sp³-hybridized carbons (Fsp3) is 0.467. The van der Waals surface area contributed by atoms with Gasteiger partial charge in [0.2, 0.25) is 5.91 Å². The molecule has 2 aromatic heterocycles. The molecule has 0 saturated carbocycles. The van der Waals surface area contributed by atoms with E-state index < -0.39 is 0 Å². The van der Waals surface area contributed by atoms with Crippen LogP contribution in [0, 0.1) is 0 Å². The highest BCUT2D eigenvalue weighted by Crippen LogP contribution is 2.30. The smallest absolute Gasteiger partial charge is 0.249 e. The minimum Gasteiger partial charge on any atom is -0.375 e. The molecule has 7 nitrogen and oxygen atoms in total. The van der Waals surface area contributed by atoms with Gasteiger partial charge in [-0.25, -0.2) is 0 Å². The first-order valence-electron chi connectivity index (χ1n) is 7.29. The molecule has 1 aliphatic heterocycles. The molecule has 0 aliphatic carbocycles. The number of hydrogen-bond donors (Lipinski definition) is 0. The molecule has 1 atom stereocenters. The van der Waals surface area contributed by atoms with Gasteiger partial charge in [-0.3, -0.25) is 19.4 Å². The first-order valence-corrected chi connectivity index (χ1v) is 7.29. The maximum absolute atomic E-state index is 12.1. The van der Waals surface area contributed by atoms with Gasteiger partial charge in [-0.05, 0) is 18.9 Å². The Balaban J connectivity index is 1.80. The Labute approximate surface area is 128 Å². The van der Waals surface area contributed by atoms with Crippen LogP contribution >= 0.6 is 0 Å². The second kappa shape index (κ2) is 6.23. The zero-order valence-corrected chi connectivity index (χ0v) is 12.8. The summed E-state index contributed by atoms with van der Waals surface area (Å²) in [6, 6.07) is 1.89. The van der Waals surface area contributed by atoms with Crippen LogP contribution in [-0.2, 0) is 16.6 Å². The summed E-state index contributed by atoms with van der Waals surface area (Å²) in [7, 11) is 3.40. The Hall–Kier alpha value is -2.28. The Kier molecular flexibility index (Phi) is 4.15. The lowest BCUT2D eigenvalue weighted by molar-refractivity contribution is -0.136. The molecule has 1 amide bonds. The molecule has 1 aliphatic rings. The Bertz CT molecular complexity index is 652. The normalized spacial score (nSPS) is 17.9. The lowest BCUT2D eigenvalue weighted by atomic mass is 10.1. The summed E-state index contributed by atoms with van der Waals surface area (Å²) in [6.45, 7) is 0.856. The number of aromatic nitrogens is 4. The number of ether oxygens (including phenoxy) is 1. The third-order valence-electron chi connectivity index (χ3n) is 3.94. The summed E-state index contributed by atoms with van der Waals surface area (Å²) in [4.78, 5) is 22.9. The van der Waals surface area contributed by atoms with Crippen LogP contribution in [-0.4, -0.2) is 50.8 Å². The van der Waals surface area contributed by atoms with E-state index in [4.69, 9.17) is 4.74 Å². The van der Waals surface area contributed by atoms with E-state index in [-0.39, 0.29) is 18.6 Å². The predicted octanol–water partition coefficient (Wildman–Crippen LogP) is 1.19. The SMILES string of the molecule is COCC(=O)N1CCC[C@H]1c1cnc(-c2ccnn2C)cn1. The van der Waals surface area contributed by atoms with E-state index in [1.54, 1.807) is 23.3 Å². The van der Waals surface area contributed by atoms with Crippen LogP contribution in [0.2, 0.25) is 0 Å². The summed E-state index contributed by atoms with van der Waals surface area (Å²) in [5.41, 5.74) is 2.52. The molecule has 7 heteroatoms. The van der Waals surface area contributed by atoms with E-state index in [0.29, 0.717) is 0 Å². The van der Waals surface area contributed by atoms with Gasteiger partial charge < -0.3 is 9.64 Å². The van der Waals surface area contributed by atoms with Crippen LogP contribution in [0.3, 0.4) is 0 Å². The van der Waals surface area contributed by atoms with Crippen molar-refractivity contribution in [3.63, 3.8) is 0 Å². The minimum atomic E-state index is -0.00395. The van der Waals surface area contributed by atoms with Crippen molar-refractivity contribution in [1.82, 2.24) is 24.6 Å². The summed E-state index contributed by atoms with van der Waals surface area (Å²) in [5, 5.41) is 4.13. The molecule has 3 heterocycles. The topological polar surface area (TPSA) is 73.1 Å². The number of rotatable bonds is 4. The number of likely N-dealkylation sites (tertiary alicyclic amines) is 1. The van der Waals surface area contributed by atoms with Crippen LogP contribution in [0.15, 0.2) is 24.7 Å². The Morgan fingerprint density at radius 2 is 2.27 bits per heavy atom. The minimum absolute atomic E-state index is 0.00233. The van der Waals surface area contributed by atoms with E-state index in [1.807, 2.05) is 18.0 Å². The van der Waals surface area contributed by atoms with Crippen molar-refractivity contribution < 1.29 is 9.53 Å². The van der Waals surface area contributed by atoms with Crippen LogP contribution in [0.25, 0.3) is 11.4 Å². The zero-order chi connectivity index (χ0) is 15.5. The number of carbonyl (C=O) groups is 1. The molecular weight excluding hydrogens is 282 g/mol. The van der Waals surface area contributed by atoms with E-state index >= 15 is 0 Å². The highest BCUT2D eigenvalue weighted by molar-refractivity contribution is 5.78. The largest absolute Gasteiger partial charge is 0.375 e. The third kappa shape index (κ3) is 2.71. The molecule has 0 spiro atoms. The molecule has 0 radical (unpaired) electrons. The van der Waals surface area contributed by atoms with Crippen molar-refractivity contribution >= 4 is 5.91 Å². The van der Waals surface area contributed by atoms with Crippen molar-refractivity contribution in [2.45, 2.75) is 18.9 Å². The second-order valence-corrected chi connectivity index (χ2v) is 5.34. The fourth-order valence-electron chi connectivity index (χ4n) is 2.85. The lowest BCUT2D eigenvalue weighted by Gasteiger charge is -2.23. The molecule has 1 saturated heterocycles. The zero-order valence-electron chi connectivity index (χ0n) is 12.8. The molecule has 2 aromatic rings. The van der Waals surface area contributed by atoms with Gasteiger partial charge in [0.15, 0.2) is 0 Å². The maximum Gasteiger partial charge on any atom is 0.249 e. The van der Waals surface area contributed by atoms with Gasteiger partial charge in [0.25, 0.3) is 0 Å². The number of amides is 1. The van der Waals surface area contributed by atoms with E-state index in [2.05, 4.69) is 15.1 Å². The summed E-state index contributed by atoms with van der Waals surface area (Å²) >= 11 is 0. The molecule has 0 N–H and O–H groups in total. The lowest BCUT2D eigenvalue weighted by Crippen LogP contribution is -2.33. The molecule has 116 valence electrons. The average molecular weight is 301 g/mol. The highest BCUT2D eigenvalue weighted by Gasteiger charge is 2.30. The molecular formula is C15H19N5O2.